The molecule has 98 valence electrons. The molecule has 0 aromatic heterocycles. The molecule has 0 atom stereocenters. The largest absolute Gasteiger partial charge is 0.320 e. The Bertz CT molecular complexity index is 541. The first kappa shape index (κ1) is 14.7. The summed E-state index contributed by atoms with van der Waals surface area (Å²) in [6, 6.07) is 7.39. The zero-order valence-corrected chi connectivity index (χ0v) is 11.3. The summed E-state index contributed by atoms with van der Waals surface area (Å²) >= 11 is 0. The lowest BCUT2D eigenvalue weighted by atomic mass is 10.1. The van der Waals surface area contributed by atoms with Gasteiger partial charge in [-0.15, -0.1) is 0 Å². The molecule has 0 bridgehead atoms. The Morgan fingerprint density at radius 1 is 1.33 bits per heavy atom. The van der Waals surface area contributed by atoms with E-state index in [0.29, 0.717) is 13.1 Å². The summed E-state index contributed by atoms with van der Waals surface area (Å²) in [5.41, 5.74) is 7.04. The van der Waals surface area contributed by atoms with Crippen molar-refractivity contribution in [2.45, 2.75) is 6.54 Å². The Morgan fingerprint density at radius 3 is 2.44 bits per heavy atom. The molecule has 1 rings (SSSR count). The van der Waals surface area contributed by atoms with E-state index in [9.17, 15) is 8.42 Å². The molecule has 0 aliphatic rings. The first-order valence-electron chi connectivity index (χ1n) is 5.42. The lowest BCUT2D eigenvalue weighted by Gasteiger charge is -2.15. The minimum atomic E-state index is -3.38. The average Bonchev–Trinajstić information content (AvgIpc) is 2.37. The van der Waals surface area contributed by atoms with Gasteiger partial charge in [-0.2, -0.15) is 12.7 Å². The Morgan fingerprint density at radius 2 is 1.94 bits per heavy atom. The van der Waals surface area contributed by atoms with E-state index in [4.69, 9.17) is 5.73 Å². The second kappa shape index (κ2) is 6.52. The maximum Gasteiger partial charge on any atom is 0.279 e. The van der Waals surface area contributed by atoms with Crippen LogP contribution in [0.5, 0.6) is 0 Å². The van der Waals surface area contributed by atoms with E-state index >= 15 is 0 Å². The summed E-state index contributed by atoms with van der Waals surface area (Å²) in [6.45, 7) is 0.638. The van der Waals surface area contributed by atoms with Crippen LogP contribution in [0, 0.1) is 11.8 Å². The van der Waals surface area contributed by atoms with Crippen molar-refractivity contribution in [2.24, 2.45) is 5.73 Å². The summed E-state index contributed by atoms with van der Waals surface area (Å²) < 4.78 is 26.5. The van der Waals surface area contributed by atoms with Gasteiger partial charge in [0.1, 0.15) is 0 Å². The number of rotatable bonds is 4. The lowest BCUT2D eigenvalue weighted by molar-refractivity contribution is 0.459. The van der Waals surface area contributed by atoms with Crippen molar-refractivity contribution < 1.29 is 8.42 Å². The molecule has 0 radical (unpaired) electrons. The van der Waals surface area contributed by atoms with Gasteiger partial charge in [0.05, 0.1) is 6.54 Å². The van der Waals surface area contributed by atoms with Gasteiger partial charge in [-0.1, -0.05) is 24.0 Å². The third-order valence-corrected chi connectivity index (χ3v) is 3.83. The molecule has 1 aromatic carbocycles. The topological polar surface area (TPSA) is 75.4 Å². The molecule has 1 aromatic rings. The molecule has 0 spiro atoms. The van der Waals surface area contributed by atoms with Crippen LogP contribution in [0.1, 0.15) is 11.1 Å². The van der Waals surface area contributed by atoms with E-state index in [2.05, 4.69) is 16.6 Å². The predicted molar refractivity (Wildman–Crippen MR) is 71.8 cm³/mol. The first-order chi connectivity index (χ1) is 8.49. The minimum Gasteiger partial charge on any atom is -0.320 e. The third kappa shape index (κ3) is 4.13. The summed E-state index contributed by atoms with van der Waals surface area (Å²) in [4.78, 5) is 0. The predicted octanol–water partition coefficient (Wildman–Crippen LogP) is -0.107. The Hall–Kier alpha value is -1.39. The van der Waals surface area contributed by atoms with Gasteiger partial charge in [0.15, 0.2) is 0 Å². The molecule has 0 saturated carbocycles. The van der Waals surface area contributed by atoms with Crippen LogP contribution in [0.2, 0.25) is 0 Å². The fraction of sp³-hybridized carbons (Fsp3) is 0.333. The fourth-order valence-electron chi connectivity index (χ4n) is 1.34. The summed E-state index contributed by atoms with van der Waals surface area (Å²) in [5.74, 6) is 5.67. The number of benzene rings is 1. The monoisotopic (exact) mass is 267 g/mol. The van der Waals surface area contributed by atoms with Crippen LogP contribution < -0.4 is 10.5 Å². The highest BCUT2D eigenvalue weighted by atomic mass is 32.2. The van der Waals surface area contributed by atoms with Crippen LogP contribution in [0.25, 0.3) is 0 Å². The van der Waals surface area contributed by atoms with Gasteiger partial charge in [0, 0.05) is 26.2 Å². The van der Waals surface area contributed by atoms with Crippen molar-refractivity contribution in [1.29, 1.82) is 0 Å². The van der Waals surface area contributed by atoms with E-state index in [1.165, 1.54) is 18.4 Å². The maximum atomic E-state index is 11.5. The second-order valence-electron chi connectivity index (χ2n) is 3.67. The molecule has 0 saturated heterocycles. The van der Waals surface area contributed by atoms with Gasteiger partial charge >= 0.3 is 0 Å². The van der Waals surface area contributed by atoms with Crippen molar-refractivity contribution in [3.8, 4) is 11.8 Å². The molecule has 0 heterocycles. The summed E-state index contributed by atoms with van der Waals surface area (Å²) in [5, 5.41) is 0. The molecular weight excluding hydrogens is 250 g/mol. The molecule has 3 N–H and O–H groups in total. The van der Waals surface area contributed by atoms with E-state index in [1.807, 2.05) is 24.3 Å². The van der Waals surface area contributed by atoms with Gasteiger partial charge in [0.2, 0.25) is 0 Å². The van der Waals surface area contributed by atoms with Gasteiger partial charge in [-0.05, 0) is 17.7 Å². The Labute approximate surface area is 108 Å². The zero-order valence-electron chi connectivity index (χ0n) is 10.5. The maximum absolute atomic E-state index is 11.5. The minimum absolute atomic E-state index is 0.313. The van der Waals surface area contributed by atoms with Crippen LogP contribution in [-0.4, -0.2) is 33.4 Å². The summed E-state index contributed by atoms with van der Waals surface area (Å²) in [7, 11) is -0.474. The van der Waals surface area contributed by atoms with Crippen LogP contribution in [-0.2, 0) is 16.8 Å². The van der Waals surface area contributed by atoms with Crippen LogP contribution in [0.4, 0.5) is 0 Å². The van der Waals surface area contributed by atoms with Crippen LogP contribution in [0.3, 0.4) is 0 Å². The van der Waals surface area contributed by atoms with E-state index in [0.717, 1.165) is 11.1 Å². The number of nitrogens with two attached hydrogens (primary N) is 1. The molecule has 0 unspecified atom stereocenters. The number of nitrogens with one attached hydrogen (secondary N) is 1. The molecule has 0 aliphatic heterocycles. The zero-order chi connectivity index (χ0) is 13.6. The fourth-order valence-corrected chi connectivity index (χ4v) is 1.98. The highest BCUT2D eigenvalue weighted by molar-refractivity contribution is 7.87. The van der Waals surface area contributed by atoms with E-state index in [-0.39, 0.29) is 0 Å². The van der Waals surface area contributed by atoms with Crippen LogP contribution in [0.15, 0.2) is 24.3 Å². The number of nitrogens with zero attached hydrogens (tertiary/aromatic N) is 1. The van der Waals surface area contributed by atoms with Gasteiger partial charge in [-0.3, -0.25) is 0 Å². The van der Waals surface area contributed by atoms with Crippen molar-refractivity contribution >= 4 is 10.2 Å². The molecular formula is C12H17N3O2S. The molecule has 0 fully saturated rings. The van der Waals surface area contributed by atoms with Gasteiger partial charge in [0.25, 0.3) is 10.2 Å². The van der Waals surface area contributed by atoms with Crippen molar-refractivity contribution in [3.63, 3.8) is 0 Å². The van der Waals surface area contributed by atoms with Gasteiger partial charge in [-0.25, -0.2) is 4.72 Å². The smallest absolute Gasteiger partial charge is 0.279 e. The van der Waals surface area contributed by atoms with E-state index in [1.54, 1.807) is 0 Å². The summed E-state index contributed by atoms with van der Waals surface area (Å²) in [6.07, 6.45) is 0. The highest BCUT2D eigenvalue weighted by Gasteiger charge is 2.14. The second-order valence-corrected chi connectivity index (χ2v) is 5.65. The third-order valence-electron chi connectivity index (χ3n) is 2.36. The Balaban J connectivity index is 2.75. The Kier molecular flexibility index (Phi) is 5.31. The van der Waals surface area contributed by atoms with Crippen molar-refractivity contribution in [1.82, 2.24) is 9.03 Å². The molecule has 5 nitrogen and oxygen atoms in total. The number of hydrogen-bond donors (Lipinski definition) is 2. The quantitative estimate of drug-likeness (QED) is 0.748. The SMILES string of the molecule is CNS(=O)(=O)N(C)Cc1ccc(C#CCN)cc1. The standard InChI is InChI=1S/C12H17N3O2S/c1-14-18(16,17)15(2)10-12-7-5-11(6-8-12)4-3-9-13/h5-8,14H,9-10,13H2,1-2H3. The molecule has 0 aliphatic carbocycles. The van der Waals surface area contributed by atoms with Gasteiger partial charge < -0.3 is 5.73 Å². The van der Waals surface area contributed by atoms with E-state index < -0.39 is 10.2 Å². The molecule has 18 heavy (non-hydrogen) atoms. The van der Waals surface area contributed by atoms with Crippen LogP contribution >= 0.6 is 0 Å². The van der Waals surface area contributed by atoms with Crippen molar-refractivity contribution in [3.05, 3.63) is 35.4 Å². The molecule has 0 amide bonds. The number of hydrogen-bond acceptors (Lipinski definition) is 3. The highest BCUT2D eigenvalue weighted by Crippen LogP contribution is 2.07. The normalized spacial score (nSPS) is 11.1. The van der Waals surface area contributed by atoms with Crippen molar-refractivity contribution in [2.75, 3.05) is 20.6 Å². The molecule has 6 heteroatoms. The average molecular weight is 267 g/mol. The first-order valence-corrected chi connectivity index (χ1v) is 6.86. The lowest BCUT2D eigenvalue weighted by Crippen LogP contribution is -2.35.